The maximum Gasteiger partial charge on any atom is 0.410 e. The Morgan fingerprint density at radius 1 is 1.36 bits per heavy atom. The summed E-state index contributed by atoms with van der Waals surface area (Å²) in [6.45, 7) is 4.63. The van der Waals surface area contributed by atoms with E-state index in [0.717, 1.165) is 31.5 Å². The molecule has 1 aliphatic heterocycles. The molecule has 7 atom stereocenters. The van der Waals surface area contributed by atoms with E-state index in [1.54, 1.807) is 4.90 Å². The van der Waals surface area contributed by atoms with Crippen LogP contribution in [0.2, 0.25) is 0 Å². The second-order valence-electron chi connectivity index (χ2n) is 8.58. The maximum atomic E-state index is 13.2. The molecule has 1 aromatic rings. The quantitative estimate of drug-likeness (QED) is 0.845. The van der Waals surface area contributed by atoms with Crippen LogP contribution in [0.25, 0.3) is 0 Å². The highest BCUT2D eigenvalue weighted by molar-refractivity contribution is 5.69. The Morgan fingerprint density at radius 2 is 2.07 bits per heavy atom. The van der Waals surface area contributed by atoms with Crippen molar-refractivity contribution in [3.8, 4) is 0 Å². The number of aromatic nitrogens is 2. The van der Waals surface area contributed by atoms with Crippen molar-refractivity contribution in [2.75, 3.05) is 13.7 Å². The normalized spacial score (nSPS) is 39.5. The van der Waals surface area contributed by atoms with Crippen LogP contribution in [-0.2, 0) is 14.9 Å². The fraction of sp³-hybridized carbons (Fsp3) is 0.750. The van der Waals surface area contributed by atoms with Gasteiger partial charge in [0.25, 0.3) is 0 Å². The molecule has 0 radical (unpaired) electrons. The molecule has 2 aliphatic carbocycles. The Labute approximate surface area is 164 Å². The standard InChI is InChI=1S/C20H29FN4O3/c1-11-6-16(22)17(25(11)19(26)27-3)10-28-14-4-5-20(12(2)15(20)7-14)18-23-8-13(21)9-24-18/h8-9,11-12,14-17H,4-7,10,22H2,1-3H3/t11-,12+,14+,15?,16+,17+,20-/m1/s1. The third-order valence-corrected chi connectivity index (χ3v) is 7.23. The summed E-state index contributed by atoms with van der Waals surface area (Å²) in [6.07, 6.45) is 5.81. The van der Waals surface area contributed by atoms with Crippen molar-refractivity contribution in [2.45, 2.75) is 69.2 Å². The van der Waals surface area contributed by atoms with Gasteiger partial charge < -0.3 is 15.2 Å². The van der Waals surface area contributed by atoms with Gasteiger partial charge in [-0.1, -0.05) is 6.92 Å². The van der Waals surface area contributed by atoms with E-state index >= 15 is 0 Å². The monoisotopic (exact) mass is 392 g/mol. The molecule has 0 aromatic carbocycles. The summed E-state index contributed by atoms with van der Waals surface area (Å²) in [4.78, 5) is 22.3. The molecule has 1 saturated heterocycles. The van der Waals surface area contributed by atoms with Crippen molar-refractivity contribution in [1.29, 1.82) is 0 Å². The number of hydrogen-bond donors (Lipinski definition) is 1. The van der Waals surface area contributed by atoms with Crippen LogP contribution >= 0.6 is 0 Å². The van der Waals surface area contributed by atoms with Gasteiger partial charge in [-0.2, -0.15) is 0 Å². The molecule has 2 saturated carbocycles. The number of fused-ring (bicyclic) bond motifs is 1. The van der Waals surface area contributed by atoms with Gasteiger partial charge in [-0.05, 0) is 44.4 Å². The number of rotatable bonds is 4. The highest BCUT2D eigenvalue weighted by Gasteiger charge is 2.66. The van der Waals surface area contributed by atoms with E-state index in [-0.39, 0.29) is 35.7 Å². The van der Waals surface area contributed by atoms with E-state index in [4.69, 9.17) is 15.2 Å². The second kappa shape index (κ2) is 7.22. The van der Waals surface area contributed by atoms with Gasteiger partial charge in [-0.3, -0.25) is 4.90 Å². The Hall–Kier alpha value is -1.80. The number of halogens is 1. The fourth-order valence-electron chi connectivity index (χ4n) is 5.60. The van der Waals surface area contributed by atoms with Crippen LogP contribution in [-0.4, -0.2) is 58.9 Å². The molecule has 1 amide bonds. The number of likely N-dealkylation sites (tertiary alicyclic amines) is 1. The molecule has 1 unspecified atom stereocenters. The van der Waals surface area contributed by atoms with E-state index in [9.17, 15) is 9.18 Å². The second-order valence-corrected chi connectivity index (χ2v) is 8.58. The number of carbonyl (C=O) groups is 1. The molecule has 3 aliphatic rings. The zero-order valence-corrected chi connectivity index (χ0v) is 16.7. The van der Waals surface area contributed by atoms with Crippen molar-refractivity contribution in [1.82, 2.24) is 14.9 Å². The maximum absolute atomic E-state index is 13.2. The number of ether oxygens (including phenoxy) is 2. The van der Waals surface area contributed by atoms with Crippen molar-refractivity contribution in [3.05, 3.63) is 24.0 Å². The molecule has 3 fully saturated rings. The lowest BCUT2D eigenvalue weighted by atomic mass is 9.85. The number of amides is 1. The highest BCUT2D eigenvalue weighted by atomic mass is 19.1. The number of methoxy groups -OCH3 is 1. The Balaban J connectivity index is 1.37. The lowest BCUT2D eigenvalue weighted by molar-refractivity contribution is -0.00963. The summed E-state index contributed by atoms with van der Waals surface area (Å²) in [6, 6.07) is -0.218. The van der Waals surface area contributed by atoms with Crippen molar-refractivity contribution in [2.24, 2.45) is 17.6 Å². The molecular weight excluding hydrogens is 363 g/mol. The first-order chi connectivity index (χ1) is 13.4. The van der Waals surface area contributed by atoms with Crippen LogP contribution in [0.4, 0.5) is 9.18 Å². The SMILES string of the molecule is COC(=O)N1[C@H](C)C[C@H](N)[C@@H]1CO[C@H]1CC[C@]2(c3ncc(F)cn3)C(C1)[C@@H]2C. The molecule has 2 heterocycles. The number of nitrogens with two attached hydrogens (primary N) is 1. The Morgan fingerprint density at radius 3 is 2.71 bits per heavy atom. The molecule has 2 N–H and O–H groups in total. The minimum atomic E-state index is -0.403. The summed E-state index contributed by atoms with van der Waals surface area (Å²) in [5.74, 6) is 1.27. The van der Waals surface area contributed by atoms with E-state index in [1.165, 1.54) is 19.5 Å². The summed E-state index contributed by atoms with van der Waals surface area (Å²) in [7, 11) is 1.39. The predicted molar refractivity (Wildman–Crippen MR) is 100.0 cm³/mol. The third kappa shape index (κ3) is 3.06. The average molecular weight is 392 g/mol. The molecule has 4 rings (SSSR count). The van der Waals surface area contributed by atoms with Gasteiger partial charge in [0.1, 0.15) is 5.82 Å². The first kappa shape index (κ1) is 19.5. The lowest BCUT2D eigenvalue weighted by Crippen LogP contribution is -2.48. The minimum absolute atomic E-state index is 0.0378. The van der Waals surface area contributed by atoms with E-state index in [2.05, 4.69) is 16.9 Å². The predicted octanol–water partition coefficient (Wildman–Crippen LogP) is 2.25. The van der Waals surface area contributed by atoms with E-state index < -0.39 is 5.82 Å². The first-order valence-corrected chi connectivity index (χ1v) is 10.1. The van der Waals surface area contributed by atoms with Gasteiger partial charge in [0.15, 0.2) is 5.82 Å². The minimum Gasteiger partial charge on any atom is -0.453 e. The number of hydrogen-bond acceptors (Lipinski definition) is 6. The Bertz CT molecular complexity index is 733. The molecule has 8 heteroatoms. The molecule has 7 nitrogen and oxygen atoms in total. The molecule has 28 heavy (non-hydrogen) atoms. The number of nitrogens with zero attached hydrogens (tertiary/aromatic N) is 3. The summed E-state index contributed by atoms with van der Waals surface area (Å²) in [5, 5.41) is 0. The summed E-state index contributed by atoms with van der Waals surface area (Å²) in [5.41, 5.74) is 6.22. The van der Waals surface area contributed by atoms with Crippen molar-refractivity contribution in [3.63, 3.8) is 0 Å². The van der Waals surface area contributed by atoms with Gasteiger partial charge in [0.2, 0.25) is 0 Å². The smallest absolute Gasteiger partial charge is 0.410 e. The zero-order chi connectivity index (χ0) is 20.1. The van der Waals surface area contributed by atoms with E-state index in [1.807, 2.05) is 6.92 Å². The van der Waals surface area contributed by atoms with Gasteiger partial charge in [-0.25, -0.2) is 19.2 Å². The van der Waals surface area contributed by atoms with Crippen LogP contribution in [0.1, 0.15) is 45.4 Å². The summed E-state index contributed by atoms with van der Waals surface area (Å²) >= 11 is 0. The third-order valence-electron chi connectivity index (χ3n) is 7.23. The molecule has 1 aromatic heterocycles. The highest BCUT2D eigenvalue weighted by Crippen LogP contribution is 2.66. The first-order valence-electron chi connectivity index (χ1n) is 10.1. The molecule has 154 valence electrons. The van der Waals surface area contributed by atoms with Crippen LogP contribution in [0.15, 0.2) is 12.4 Å². The van der Waals surface area contributed by atoms with Gasteiger partial charge in [0.05, 0.1) is 38.3 Å². The Kier molecular flexibility index (Phi) is 5.03. The van der Waals surface area contributed by atoms with Crippen LogP contribution in [0.5, 0.6) is 0 Å². The molecular formula is C20H29FN4O3. The van der Waals surface area contributed by atoms with Crippen LogP contribution in [0.3, 0.4) is 0 Å². The summed E-state index contributed by atoms with van der Waals surface area (Å²) < 4.78 is 24.3. The zero-order valence-electron chi connectivity index (χ0n) is 16.7. The van der Waals surface area contributed by atoms with Crippen molar-refractivity contribution < 1.29 is 18.7 Å². The lowest BCUT2D eigenvalue weighted by Gasteiger charge is -2.32. The topological polar surface area (TPSA) is 90.6 Å². The molecule has 0 spiro atoms. The van der Waals surface area contributed by atoms with Gasteiger partial charge in [-0.15, -0.1) is 0 Å². The fourth-order valence-corrected chi connectivity index (χ4v) is 5.60. The van der Waals surface area contributed by atoms with Crippen molar-refractivity contribution >= 4 is 6.09 Å². The molecule has 0 bridgehead atoms. The van der Waals surface area contributed by atoms with Crippen LogP contribution in [0, 0.1) is 17.7 Å². The van der Waals surface area contributed by atoms with Gasteiger partial charge in [0, 0.05) is 17.5 Å². The number of carbonyl (C=O) groups excluding carboxylic acids is 1. The van der Waals surface area contributed by atoms with E-state index in [0.29, 0.717) is 18.4 Å². The van der Waals surface area contributed by atoms with Crippen LogP contribution < -0.4 is 5.73 Å². The average Bonchev–Trinajstić information content (AvgIpc) is 3.17. The largest absolute Gasteiger partial charge is 0.453 e. The van der Waals surface area contributed by atoms with Gasteiger partial charge >= 0.3 is 6.09 Å².